The van der Waals surface area contributed by atoms with Gasteiger partial charge in [-0.3, -0.25) is 0 Å². The third-order valence-corrected chi connectivity index (χ3v) is 2.77. The molecule has 1 atom stereocenters. The van der Waals surface area contributed by atoms with E-state index in [2.05, 4.69) is 13.5 Å². The highest BCUT2D eigenvalue weighted by atomic mass is 16.5. The minimum Gasteiger partial charge on any atom is -0.381 e. The number of rotatable bonds is 11. The molecule has 0 fully saturated rings. The van der Waals surface area contributed by atoms with Gasteiger partial charge in [0.05, 0.1) is 6.10 Å². The molecule has 0 amide bonds. The van der Waals surface area contributed by atoms with Crippen molar-refractivity contribution in [2.24, 2.45) is 0 Å². The minimum atomic E-state index is 0.192. The molecule has 89 valence electrons. The Balaban J connectivity index is 2.95. The van der Waals surface area contributed by atoms with Crippen LogP contribution < -0.4 is 0 Å². The second-order valence-corrected chi connectivity index (χ2v) is 4.20. The summed E-state index contributed by atoms with van der Waals surface area (Å²) in [5.74, 6) is 0. The van der Waals surface area contributed by atoms with E-state index in [4.69, 9.17) is 4.74 Å². The predicted molar refractivity (Wildman–Crippen MR) is 67.9 cm³/mol. The van der Waals surface area contributed by atoms with Crippen LogP contribution in [-0.4, -0.2) is 13.2 Å². The molecule has 0 aliphatic carbocycles. The average molecular weight is 211 g/mol. The molecule has 1 unspecified atom stereocenters. The van der Waals surface area contributed by atoms with E-state index in [9.17, 15) is 0 Å². The number of ether oxygens (including phenoxy) is 1. The van der Waals surface area contributed by atoms with Gasteiger partial charge in [0, 0.05) is 7.11 Å². The molecule has 0 saturated heterocycles. The van der Waals surface area contributed by atoms with Gasteiger partial charge in [-0.25, -0.2) is 0 Å². The van der Waals surface area contributed by atoms with Gasteiger partial charge in [0.15, 0.2) is 0 Å². The van der Waals surface area contributed by atoms with E-state index < -0.39 is 0 Å². The zero-order chi connectivity index (χ0) is 11.4. The van der Waals surface area contributed by atoms with Crippen LogP contribution in [0.1, 0.15) is 57.8 Å². The summed E-state index contributed by atoms with van der Waals surface area (Å²) in [6.07, 6.45) is 13.9. The van der Waals surface area contributed by atoms with Crippen LogP contribution in [0, 0.1) is 6.92 Å². The van der Waals surface area contributed by atoms with Crippen molar-refractivity contribution in [3.63, 3.8) is 0 Å². The molecule has 0 heterocycles. The van der Waals surface area contributed by atoms with Crippen molar-refractivity contribution in [1.29, 1.82) is 0 Å². The Labute approximate surface area is 95.9 Å². The zero-order valence-electron chi connectivity index (χ0n) is 10.3. The second kappa shape index (κ2) is 11.8. The molecule has 15 heavy (non-hydrogen) atoms. The van der Waals surface area contributed by atoms with Crippen molar-refractivity contribution in [2.45, 2.75) is 63.9 Å². The van der Waals surface area contributed by atoms with Gasteiger partial charge in [-0.1, -0.05) is 44.6 Å². The van der Waals surface area contributed by atoms with Crippen LogP contribution in [0.15, 0.2) is 12.7 Å². The highest BCUT2D eigenvalue weighted by molar-refractivity contribution is 4.65. The van der Waals surface area contributed by atoms with Crippen molar-refractivity contribution < 1.29 is 4.74 Å². The van der Waals surface area contributed by atoms with Crippen LogP contribution >= 0.6 is 0 Å². The maximum atomic E-state index is 5.10. The van der Waals surface area contributed by atoms with E-state index in [1.807, 2.05) is 6.08 Å². The first kappa shape index (κ1) is 14.7. The molecule has 0 aliphatic rings. The molecular formula is C14H27O. The topological polar surface area (TPSA) is 9.23 Å². The third kappa shape index (κ3) is 11.6. The van der Waals surface area contributed by atoms with Crippen LogP contribution in [0.3, 0.4) is 0 Å². The van der Waals surface area contributed by atoms with Crippen molar-refractivity contribution in [3.8, 4) is 0 Å². The van der Waals surface area contributed by atoms with Gasteiger partial charge in [0.2, 0.25) is 0 Å². The van der Waals surface area contributed by atoms with Crippen LogP contribution in [-0.2, 0) is 4.74 Å². The first-order valence-electron chi connectivity index (χ1n) is 6.28. The summed E-state index contributed by atoms with van der Waals surface area (Å²) in [6.45, 7) is 7.62. The fourth-order valence-corrected chi connectivity index (χ4v) is 1.66. The number of hydrogen-bond acceptors (Lipinski definition) is 1. The lowest BCUT2D eigenvalue weighted by Crippen LogP contribution is -2.04. The van der Waals surface area contributed by atoms with E-state index in [1.165, 1.54) is 51.4 Å². The molecule has 0 rings (SSSR count). The van der Waals surface area contributed by atoms with Gasteiger partial charge in [-0.2, -0.15) is 0 Å². The smallest absolute Gasteiger partial charge is 0.0572 e. The first-order valence-corrected chi connectivity index (χ1v) is 6.28. The van der Waals surface area contributed by atoms with Gasteiger partial charge < -0.3 is 4.74 Å². The van der Waals surface area contributed by atoms with E-state index >= 15 is 0 Å². The van der Waals surface area contributed by atoms with Gasteiger partial charge in [0.1, 0.15) is 0 Å². The van der Waals surface area contributed by atoms with Crippen LogP contribution in [0.25, 0.3) is 0 Å². The molecule has 0 saturated carbocycles. The Morgan fingerprint density at radius 3 is 2.07 bits per heavy atom. The Kier molecular flexibility index (Phi) is 11.5. The molecule has 0 aromatic rings. The summed E-state index contributed by atoms with van der Waals surface area (Å²) < 4.78 is 5.10. The quantitative estimate of drug-likeness (QED) is 0.360. The lowest BCUT2D eigenvalue weighted by Gasteiger charge is -2.08. The molecule has 0 aliphatic heterocycles. The second-order valence-electron chi connectivity index (χ2n) is 4.20. The van der Waals surface area contributed by atoms with Gasteiger partial charge >= 0.3 is 0 Å². The average Bonchev–Trinajstić information content (AvgIpc) is 2.26. The molecule has 1 nitrogen and oxygen atoms in total. The predicted octanol–water partition coefficient (Wildman–Crippen LogP) is 4.53. The molecule has 0 spiro atoms. The molecule has 1 radical (unpaired) electrons. The minimum absolute atomic E-state index is 0.192. The largest absolute Gasteiger partial charge is 0.381 e. The molecule has 0 bridgehead atoms. The highest BCUT2D eigenvalue weighted by Gasteiger charge is 1.98. The van der Waals surface area contributed by atoms with Crippen molar-refractivity contribution in [1.82, 2.24) is 0 Å². The monoisotopic (exact) mass is 211 g/mol. The fraction of sp³-hybridized carbons (Fsp3) is 0.786. The number of unbranched alkanes of at least 4 members (excludes halogenated alkanes) is 7. The van der Waals surface area contributed by atoms with Crippen molar-refractivity contribution in [3.05, 3.63) is 19.6 Å². The maximum Gasteiger partial charge on any atom is 0.0572 e. The summed E-state index contributed by atoms with van der Waals surface area (Å²) in [7, 11) is 1.73. The molecule has 0 aromatic carbocycles. The van der Waals surface area contributed by atoms with Gasteiger partial charge in [0.25, 0.3) is 0 Å². The standard InChI is InChI=1S/C14H27O/c1-4-5-6-7-8-9-10-11-12-13-14(2)15-3/h4,14H,1-2,5-13H2,3H3. The number of methoxy groups -OCH3 is 1. The van der Waals surface area contributed by atoms with Crippen LogP contribution in [0.2, 0.25) is 0 Å². The van der Waals surface area contributed by atoms with Crippen LogP contribution in [0.5, 0.6) is 0 Å². The van der Waals surface area contributed by atoms with Crippen molar-refractivity contribution in [2.75, 3.05) is 7.11 Å². The van der Waals surface area contributed by atoms with E-state index in [1.54, 1.807) is 7.11 Å². The summed E-state index contributed by atoms with van der Waals surface area (Å²) in [4.78, 5) is 0. The molecular weight excluding hydrogens is 184 g/mol. The van der Waals surface area contributed by atoms with Gasteiger partial charge in [-0.05, 0) is 26.2 Å². The first-order chi connectivity index (χ1) is 7.31. The number of hydrogen-bond donors (Lipinski definition) is 0. The van der Waals surface area contributed by atoms with Crippen molar-refractivity contribution >= 4 is 0 Å². The van der Waals surface area contributed by atoms with E-state index in [0.717, 1.165) is 6.42 Å². The molecule has 1 heteroatoms. The normalized spacial score (nSPS) is 12.7. The molecule has 0 N–H and O–H groups in total. The Hall–Kier alpha value is -0.300. The van der Waals surface area contributed by atoms with E-state index in [-0.39, 0.29) is 6.10 Å². The summed E-state index contributed by atoms with van der Waals surface area (Å²) >= 11 is 0. The highest BCUT2D eigenvalue weighted by Crippen LogP contribution is 2.11. The molecule has 0 aromatic heterocycles. The fourth-order valence-electron chi connectivity index (χ4n) is 1.66. The summed E-state index contributed by atoms with van der Waals surface area (Å²) in [5, 5.41) is 0. The Morgan fingerprint density at radius 2 is 1.53 bits per heavy atom. The summed E-state index contributed by atoms with van der Waals surface area (Å²) in [6, 6.07) is 0. The lowest BCUT2D eigenvalue weighted by molar-refractivity contribution is 0.129. The number of allylic oxidation sites excluding steroid dienone is 1. The van der Waals surface area contributed by atoms with Crippen LogP contribution in [0.4, 0.5) is 0 Å². The lowest BCUT2D eigenvalue weighted by atomic mass is 10.1. The SMILES string of the molecule is [CH2]C(CCCCCCCCCC=C)OC. The Bertz CT molecular complexity index is 131. The van der Waals surface area contributed by atoms with E-state index in [0.29, 0.717) is 0 Å². The zero-order valence-corrected chi connectivity index (χ0v) is 10.3. The third-order valence-electron chi connectivity index (χ3n) is 2.77. The summed E-state index contributed by atoms with van der Waals surface area (Å²) in [5.41, 5.74) is 0. The Morgan fingerprint density at radius 1 is 1.00 bits per heavy atom. The van der Waals surface area contributed by atoms with Gasteiger partial charge in [-0.15, -0.1) is 6.58 Å². The maximum absolute atomic E-state index is 5.10.